The van der Waals surface area contributed by atoms with Crippen molar-refractivity contribution >= 4 is 11.0 Å². The first-order valence-electron chi connectivity index (χ1n) is 8.46. The topological polar surface area (TPSA) is 62.9 Å². The van der Waals surface area contributed by atoms with E-state index in [9.17, 15) is 9.18 Å². The van der Waals surface area contributed by atoms with Crippen LogP contribution in [0.25, 0.3) is 22.1 Å². The summed E-state index contributed by atoms with van der Waals surface area (Å²) in [5.74, 6) is 0.351. The molecule has 1 aliphatic heterocycles. The van der Waals surface area contributed by atoms with Gasteiger partial charge in [-0.05, 0) is 36.2 Å². The molecule has 0 spiro atoms. The number of rotatable bonds is 4. The largest absolute Gasteiger partial charge is 0.478 e. The van der Waals surface area contributed by atoms with Crippen LogP contribution in [0.3, 0.4) is 0 Å². The van der Waals surface area contributed by atoms with Crippen LogP contribution < -0.4 is 10.2 Å². The van der Waals surface area contributed by atoms with Crippen LogP contribution >= 0.6 is 0 Å². The summed E-state index contributed by atoms with van der Waals surface area (Å²) in [4.78, 5) is 15.0. The minimum absolute atomic E-state index is 0.120. The minimum Gasteiger partial charge on any atom is -0.478 e. The highest BCUT2D eigenvalue weighted by atomic mass is 19.1. The third kappa shape index (κ3) is 2.98. The van der Waals surface area contributed by atoms with Gasteiger partial charge in [0.15, 0.2) is 0 Å². The van der Waals surface area contributed by atoms with Gasteiger partial charge in [-0.25, -0.2) is 4.39 Å². The number of aliphatic hydroxyl groups excluding tert-OH is 1. The van der Waals surface area contributed by atoms with Crippen molar-refractivity contribution < 1.29 is 18.7 Å². The van der Waals surface area contributed by atoms with Gasteiger partial charge in [-0.15, -0.1) is 0 Å². The lowest BCUT2D eigenvalue weighted by Gasteiger charge is -2.29. The molecule has 4 rings (SSSR count). The van der Waals surface area contributed by atoms with Gasteiger partial charge in [0.05, 0.1) is 16.5 Å². The maximum absolute atomic E-state index is 13.1. The molecule has 26 heavy (non-hydrogen) atoms. The van der Waals surface area contributed by atoms with Gasteiger partial charge in [-0.3, -0.25) is 9.69 Å². The van der Waals surface area contributed by atoms with E-state index in [1.807, 2.05) is 4.90 Å². The fraction of sp³-hybridized carbons (Fsp3) is 0.250. The first kappa shape index (κ1) is 16.8. The van der Waals surface area contributed by atoms with Gasteiger partial charge in [-0.2, -0.15) is 0 Å². The van der Waals surface area contributed by atoms with E-state index >= 15 is 0 Å². The number of halogens is 1. The molecule has 0 saturated carbocycles. The van der Waals surface area contributed by atoms with Gasteiger partial charge in [0.1, 0.15) is 30.1 Å². The van der Waals surface area contributed by atoms with Crippen molar-refractivity contribution in [1.82, 2.24) is 4.90 Å². The highest BCUT2D eigenvalue weighted by Crippen LogP contribution is 2.32. The maximum Gasteiger partial charge on any atom is 0.200 e. The third-order valence-corrected chi connectivity index (χ3v) is 4.57. The van der Waals surface area contributed by atoms with E-state index in [2.05, 4.69) is 0 Å². The highest BCUT2D eigenvalue weighted by molar-refractivity contribution is 5.85. The maximum atomic E-state index is 13.1. The van der Waals surface area contributed by atoms with Gasteiger partial charge in [0.25, 0.3) is 0 Å². The molecule has 0 bridgehead atoms. The number of ether oxygens (including phenoxy) is 1. The Hall–Kier alpha value is -2.70. The Labute approximate surface area is 149 Å². The summed E-state index contributed by atoms with van der Waals surface area (Å²) < 4.78 is 24.7. The Bertz CT molecular complexity index is 997. The van der Waals surface area contributed by atoms with Crippen molar-refractivity contribution in [3.05, 3.63) is 64.3 Å². The Kier molecular flexibility index (Phi) is 4.44. The highest BCUT2D eigenvalue weighted by Gasteiger charge is 2.22. The van der Waals surface area contributed by atoms with Crippen LogP contribution in [-0.4, -0.2) is 29.9 Å². The molecule has 2 aromatic carbocycles. The van der Waals surface area contributed by atoms with Crippen molar-refractivity contribution in [1.29, 1.82) is 0 Å². The Balaban J connectivity index is 1.78. The molecule has 0 saturated heterocycles. The summed E-state index contributed by atoms with van der Waals surface area (Å²) in [6.07, 6.45) is 2.08. The van der Waals surface area contributed by atoms with Crippen molar-refractivity contribution in [3.8, 4) is 16.9 Å². The van der Waals surface area contributed by atoms with E-state index in [0.717, 1.165) is 5.56 Å². The van der Waals surface area contributed by atoms with Crippen molar-refractivity contribution in [2.75, 3.05) is 19.9 Å². The monoisotopic (exact) mass is 355 g/mol. The number of hydrogen-bond donors (Lipinski definition) is 1. The molecular formula is C20H18FNO4. The molecular weight excluding hydrogens is 337 g/mol. The molecule has 0 atom stereocenters. The fourth-order valence-corrected chi connectivity index (χ4v) is 3.22. The van der Waals surface area contributed by atoms with E-state index in [1.165, 1.54) is 18.4 Å². The lowest BCUT2D eigenvalue weighted by Crippen LogP contribution is -2.33. The van der Waals surface area contributed by atoms with Gasteiger partial charge >= 0.3 is 0 Å². The molecule has 2 heterocycles. The van der Waals surface area contributed by atoms with Crippen LogP contribution in [0.15, 0.2) is 51.9 Å². The normalized spacial score (nSPS) is 14.2. The summed E-state index contributed by atoms with van der Waals surface area (Å²) >= 11 is 0. The molecule has 0 unspecified atom stereocenters. The van der Waals surface area contributed by atoms with Crippen LogP contribution in [-0.2, 0) is 6.54 Å². The second-order valence-electron chi connectivity index (χ2n) is 6.31. The average molecular weight is 355 g/mol. The Morgan fingerprint density at radius 1 is 1.15 bits per heavy atom. The molecule has 1 aromatic heterocycles. The predicted octanol–water partition coefficient (Wildman–Crippen LogP) is 3.13. The third-order valence-electron chi connectivity index (χ3n) is 4.57. The van der Waals surface area contributed by atoms with Gasteiger partial charge in [-0.1, -0.05) is 12.1 Å². The molecule has 0 fully saturated rings. The summed E-state index contributed by atoms with van der Waals surface area (Å²) in [5, 5.41) is 9.48. The van der Waals surface area contributed by atoms with Crippen molar-refractivity contribution in [2.45, 2.75) is 13.0 Å². The molecule has 6 heteroatoms. The average Bonchev–Trinajstić information content (AvgIpc) is 2.67. The number of fused-ring (bicyclic) bond motifs is 3. The first-order chi connectivity index (χ1) is 12.7. The predicted molar refractivity (Wildman–Crippen MR) is 95.5 cm³/mol. The van der Waals surface area contributed by atoms with Crippen LogP contribution in [0, 0.1) is 5.82 Å². The van der Waals surface area contributed by atoms with E-state index in [0.29, 0.717) is 54.1 Å². The smallest absolute Gasteiger partial charge is 0.200 e. The molecule has 1 N–H and O–H groups in total. The van der Waals surface area contributed by atoms with Crippen LogP contribution in [0.5, 0.6) is 5.75 Å². The van der Waals surface area contributed by atoms with Gasteiger partial charge in [0, 0.05) is 19.7 Å². The van der Waals surface area contributed by atoms with Crippen LogP contribution in [0.4, 0.5) is 4.39 Å². The summed E-state index contributed by atoms with van der Waals surface area (Å²) in [6, 6.07) is 9.25. The molecule has 0 radical (unpaired) electrons. The standard InChI is InChI=1S/C20H18FNO4/c21-14-4-2-13(3-5-14)17-11-25-20-15(19(17)24)6-7-18-16(20)10-22(12-26-18)8-1-9-23/h2-7,11,23H,1,8-10,12H2. The number of hydrogen-bond acceptors (Lipinski definition) is 5. The molecule has 1 aliphatic rings. The Morgan fingerprint density at radius 3 is 2.73 bits per heavy atom. The lowest BCUT2D eigenvalue weighted by atomic mass is 10.0. The molecule has 5 nitrogen and oxygen atoms in total. The van der Waals surface area contributed by atoms with Crippen molar-refractivity contribution in [3.63, 3.8) is 0 Å². The van der Waals surface area contributed by atoms with E-state index < -0.39 is 0 Å². The first-order valence-corrected chi connectivity index (χ1v) is 8.46. The van der Waals surface area contributed by atoms with E-state index in [1.54, 1.807) is 24.3 Å². The van der Waals surface area contributed by atoms with E-state index in [-0.39, 0.29) is 17.9 Å². The zero-order valence-corrected chi connectivity index (χ0v) is 14.1. The summed E-state index contributed by atoms with van der Waals surface area (Å²) in [7, 11) is 0. The SMILES string of the molecule is O=c1c(-c2ccc(F)cc2)coc2c3c(ccc12)OCN(CCCO)C3. The zero-order valence-electron chi connectivity index (χ0n) is 14.1. The lowest BCUT2D eigenvalue weighted by molar-refractivity contribution is 0.0887. The summed E-state index contributed by atoms with van der Waals surface area (Å²) in [6.45, 7) is 1.85. The number of aliphatic hydroxyl groups is 1. The number of nitrogens with zero attached hydrogens (tertiary/aromatic N) is 1. The second-order valence-corrected chi connectivity index (χ2v) is 6.31. The minimum atomic E-state index is -0.354. The van der Waals surface area contributed by atoms with Crippen molar-refractivity contribution in [2.24, 2.45) is 0 Å². The zero-order chi connectivity index (χ0) is 18.1. The quantitative estimate of drug-likeness (QED) is 0.779. The summed E-state index contributed by atoms with van der Waals surface area (Å²) in [5.41, 5.74) is 2.18. The fourth-order valence-electron chi connectivity index (χ4n) is 3.22. The molecule has 0 amide bonds. The van der Waals surface area contributed by atoms with Gasteiger partial charge in [0.2, 0.25) is 5.43 Å². The Morgan fingerprint density at radius 2 is 1.96 bits per heavy atom. The molecule has 3 aromatic rings. The molecule has 134 valence electrons. The molecule has 0 aliphatic carbocycles. The van der Waals surface area contributed by atoms with Gasteiger partial charge < -0.3 is 14.3 Å². The van der Waals surface area contributed by atoms with E-state index in [4.69, 9.17) is 14.3 Å². The van der Waals surface area contributed by atoms with Crippen LogP contribution in [0.2, 0.25) is 0 Å². The second kappa shape index (κ2) is 6.90. The van der Waals surface area contributed by atoms with Crippen LogP contribution in [0.1, 0.15) is 12.0 Å². The number of benzene rings is 2.